The lowest BCUT2D eigenvalue weighted by atomic mass is 10.0. The van der Waals surface area contributed by atoms with E-state index in [2.05, 4.69) is 15.3 Å². The quantitative estimate of drug-likeness (QED) is 0.699. The third kappa shape index (κ3) is 3.71. The number of halogens is 1. The summed E-state index contributed by atoms with van der Waals surface area (Å²) in [6, 6.07) is 7.97. The fourth-order valence-electron chi connectivity index (χ4n) is 2.62. The number of thiophene rings is 1. The fourth-order valence-corrected chi connectivity index (χ4v) is 3.40. The highest BCUT2D eigenvalue weighted by molar-refractivity contribution is 7.16. The summed E-state index contributed by atoms with van der Waals surface area (Å²) in [7, 11) is 0. The zero-order valence-electron chi connectivity index (χ0n) is 13.7. The smallest absolute Gasteiger partial charge is 0.138 e. The lowest BCUT2D eigenvalue weighted by molar-refractivity contribution is 0.162. The molecule has 24 heavy (non-hydrogen) atoms. The summed E-state index contributed by atoms with van der Waals surface area (Å²) < 4.78 is 13.0. The summed E-state index contributed by atoms with van der Waals surface area (Å²) in [6.45, 7) is 4.03. The molecule has 2 heterocycles. The highest BCUT2D eigenvalue weighted by Gasteiger charge is 2.15. The van der Waals surface area contributed by atoms with Crippen LogP contribution in [0.4, 0.5) is 10.2 Å². The van der Waals surface area contributed by atoms with Gasteiger partial charge in [-0.1, -0.05) is 19.1 Å². The lowest BCUT2D eigenvalue weighted by Crippen LogP contribution is -2.20. The van der Waals surface area contributed by atoms with Crippen LogP contribution in [-0.4, -0.2) is 21.1 Å². The summed E-state index contributed by atoms with van der Waals surface area (Å²) in [5, 5.41) is 16.7. The van der Waals surface area contributed by atoms with E-state index < -0.39 is 6.10 Å². The second kappa shape index (κ2) is 7.23. The zero-order chi connectivity index (χ0) is 17.1. The van der Waals surface area contributed by atoms with Crippen molar-refractivity contribution in [3.8, 4) is 0 Å². The minimum atomic E-state index is -0.654. The monoisotopic (exact) mass is 345 g/mol. The molecule has 3 rings (SSSR count). The van der Waals surface area contributed by atoms with Crippen LogP contribution >= 0.6 is 11.3 Å². The van der Waals surface area contributed by atoms with Crippen LogP contribution in [0.15, 0.2) is 35.7 Å². The molecule has 126 valence electrons. The van der Waals surface area contributed by atoms with Gasteiger partial charge in [0.25, 0.3) is 0 Å². The molecule has 0 aliphatic heterocycles. The van der Waals surface area contributed by atoms with E-state index >= 15 is 0 Å². The summed E-state index contributed by atoms with van der Waals surface area (Å²) in [5.74, 6) is 1.31. The van der Waals surface area contributed by atoms with Crippen LogP contribution in [0.5, 0.6) is 0 Å². The molecule has 0 radical (unpaired) electrons. The van der Waals surface area contributed by atoms with Gasteiger partial charge in [0.15, 0.2) is 0 Å². The molecule has 2 unspecified atom stereocenters. The van der Waals surface area contributed by atoms with Gasteiger partial charge in [-0.25, -0.2) is 14.4 Å². The molecular weight excluding hydrogens is 325 g/mol. The third-order valence-electron chi connectivity index (χ3n) is 3.90. The second-order valence-corrected chi connectivity index (χ2v) is 6.72. The number of aliphatic hydroxyl groups is 1. The Morgan fingerprint density at radius 2 is 1.96 bits per heavy atom. The number of aromatic nitrogens is 2. The fraction of sp³-hybridized carbons (Fsp3) is 0.333. The van der Waals surface area contributed by atoms with Gasteiger partial charge in [0.05, 0.1) is 11.5 Å². The average molecular weight is 345 g/mol. The number of hydrogen-bond acceptors (Lipinski definition) is 5. The van der Waals surface area contributed by atoms with Crippen molar-refractivity contribution >= 4 is 27.4 Å². The van der Waals surface area contributed by atoms with E-state index in [1.165, 1.54) is 12.1 Å². The van der Waals surface area contributed by atoms with Gasteiger partial charge >= 0.3 is 0 Å². The molecule has 2 aromatic heterocycles. The first kappa shape index (κ1) is 16.8. The van der Waals surface area contributed by atoms with Crippen LogP contribution in [-0.2, 0) is 6.42 Å². The predicted octanol–water partition coefficient (Wildman–Crippen LogP) is 4.32. The topological polar surface area (TPSA) is 58.0 Å². The van der Waals surface area contributed by atoms with E-state index in [-0.39, 0.29) is 11.9 Å². The molecule has 0 spiro atoms. The Balaban J connectivity index is 1.73. The van der Waals surface area contributed by atoms with Crippen LogP contribution < -0.4 is 5.32 Å². The maximum absolute atomic E-state index is 13.0. The Labute approximate surface area is 144 Å². The normalized spacial score (nSPS) is 13.8. The van der Waals surface area contributed by atoms with Gasteiger partial charge in [-0.2, -0.15) is 0 Å². The Morgan fingerprint density at radius 3 is 2.67 bits per heavy atom. The number of fused-ring (bicyclic) bond motifs is 1. The summed E-state index contributed by atoms with van der Waals surface area (Å²) >= 11 is 1.59. The van der Waals surface area contributed by atoms with E-state index in [0.29, 0.717) is 12.0 Å². The number of benzene rings is 1. The van der Waals surface area contributed by atoms with E-state index in [1.807, 2.05) is 25.3 Å². The van der Waals surface area contributed by atoms with Gasteiger partial charge < -0.3 is 10.4 Å². The molecule has 0 saturated heterocycles. The van der Waals surface area contributed by atoms with Crippen molar-refractivity contribution in [2.24, 2.45) is 0 Å². The lowest BCUT2D eigenvalue weighted by Gasteiger charge is -2.19. The van der Waals surface area contributed by atoms with Crippen LogP contribution in [0.3, 0.4) is 0 Å². The van der Waals surface area contributed by atoms with Gasteiger partial charge in [0.1, 0.15) is 22.3 Å². The number of aryl methyl sites for hydroxylation is 1. The van der Waals surface area contributed by atoms with Crippen molar-refractivity contribution in [1.82, 2.24) is 9.97 Å². The van der Waals surface area contributed by atoms with E-state index in [0.717, 1.165) is 28.3 Å². The maximum Gasteiger partial charge on any atom is 0.138 e. The SMILES string of the molecule is CCc1nc(NC(C)CC(O)c2ccc(F)cc2)c2ccsc2n1. The molecule has 2 atom stereocenters. The van der Waals surface area contributed by atoms with Gasteiger partial charge in [-0.3, -0.25) is 0 Å². The molecule has 2 N–H and O–H groups in total. The first-order valence-corrected chi connectivity index (χ1v) is 8.89. The standard InChI is InChI=1S/C18H20FN3OS/c1-3-16-21-17(14-8-9-24-18(14)22-16)20-11(2)10-15(23)12-4-6-13(19)7-5-12/h4-9,11,15,23H,3,10H2,1-2H3,(H,20,21,22). The predicted molar refractivity (Wildman–Crippen MR) is 95.9 cm³/mol. The highest BCUT2D eigenvalue weighted by atomic mass is 32.1. The van der Waals surface area contributed by atoms with E-state index in [1.54, 1.807) is 23.5 Å². The summed E-state index contributed by atoms with van der Waals surface area (Å²) in [5.41, 5.74) is 0.711. The molecule has 3 aromatic rings. The Morgan fingerprint density at radius 1 is 1.21 bits per heavy atom. The largest absolute Gasteiger partial charge is 0.388 e. The minimum Gasteiger partial charge on any atom is -0.388 e. The molecule has 0 aliphatic rings. The van der Waals surface area contributed by atoms with Gasteiger partial charge in [0, 0.05) is 12.5 Å². The van der Waals surface area contributed by atoms with Gasteiger partial charge in [-0.15, -0.1) is 11.3 Å². The number of nitrogens with one attached hydrogen (secondary N) is 1. The number of rotatable bonds is 6. The summed E-state index contributed by atoms with van der Waals surface area (Å²) in [4.78, 5) is 10.1. The average Bonchev–Trinajstić information content (AvgIpc) is 3.04. The van der Waals surface area contributed by atoms with Crippen LogP contribution in [0, 0.1) is 5.82 Å². The Kier molecular flexibility index (Phi) is 5.06. The first-order chi connectivity index (χ1) is 11.6. The Bertz CT molecular complexity index is 819. The van der Waals surface area contributed by atoms with Crippen LogP contribution in [0.1, 0.15) is 37.8 Å². The molecule has 0 saturated carbocycles. The summed E-state index contributed by atoms with van der Waals surface area (Å²) in [6.07, 6.45) is 0.622. The second-order valence-electron chi connectivity index (χ2n) is 5.83. The molecule has 1 aromatic carbocycles. The molecule has 0 aliphatic carbocycles. The zero-order valence-corrected chi connectivity index (χ0v) is 14.5. The molecule has 6 heteroatoms. The number of anilines is 1. The maximum atomic E-state index is 13.0. The molecule has 0 fully saturated rings. The molecule has 0 amide bonds. The Hall–Kier alpha value is -2.05. The van der Waals surface area contributed by atoms with Crippen molar-refractivity contribution in [3.05, 3.63) is 52.9 Å². The van der Waals surface area contributed by atoms with E-state index in [4.69, 9.17) is 0 Å². The van der Waals surface area contributed by atoms with Crippen molar-refractivity contribution in [3.63, 3.8) is 0 Å². The number of aliphatic hydroxyl groups excluding tert-OH is 1. The van der Waals surface area contributed by atoms with Crippen molar-refractivity contribution < 1.29 is 9.50 Å². The molecule has 4 nitrogen and oxygen atoms in total. The van der Waals surface area contributed by atoms with Crippen molar-refractivity contribution in [2.75, 3.05) is 5.32 Å². The van der Waals surface area contributed by atoms with Crippen LogP contribution in [0.2, 0.25) is 0 Å². The van der Waals surface area contributed by atoms with Gasteiger partial charge in [0.2, 0.25) is 0 Å². The number of hydrogen-bond donors (Lipinski definition) is 2. The minimum absolute atomic E-state index is 0.00718. The first-order valence-electron chi connectivity index (χ1n) is 8.01. The van der Waals surface area contributed by atoms with Gasteiger partial charge in [-0.05, 0) is 42.5 Å². The number of nitrogens with zero attached hydrogens (tertiary/aromatic N) is 2. The van der Waals surface area contributed by atoms with E-state index in [9.17, 15) is 9.50 Å². The van der Waals surface area contributed by atoms with Crippen LogP contribution in [0.25, 0.3) is 10.2 Å². The molecule has 0 bridgehead atoms. The third-order valence-corrected chi connectivity index (χ3v) is 4.71. The van der Waals surface area contributed by atoms with Crippen molar-refractivity contribution in [1.29, 1.82) is 0 Å². The highest BCUT2D eigenvalue weighted by Crippen LogP contribution is 2.27. The van der Waals surface area contributed by atoms with Crippen molar-refractivity contribution in [2.45, 2.75) is 38.8 Å². The molecular formula is C18H20FN3OS.